The molecule has 1 aromatic rings. The first kappa shape index (κ1) is 66.0. The van der Waals surface area contributed by atoms with Crippen molar-refractivity contribution < 1.29 is 0 Å². The fourth-order valence-electron chi connectivity index (χ4n) is 13.0. The quantitative estimate of drug-likeness (QED) is 0.0639. The van der Waals surface area contributed by atoms with Crippen LogP contribution in [0.4, 0.5) is 0 Å². The van der Waals surface area contributed by atoms with Gasteiger partial charge in [0.1, 0.15) is 5.82 Å². The molecule has 1 aromatic heterocycles. The van der Waals surface area contributed by atoms with Gasteiger partial charge in [-0.2, -0.15) is 0 Å². The maximum atomic E-state index is 5.61. The molecule has 0 atom stereocenters. The van der Waals surface area contributed by atoms with E-state index in [0.29, 0.717) is 0 Å². The second kappa shape index (κ2) is 41.7. The van der Waals surface area contributed by atoms with E-state index >= 15 is 0 Å². The number of nitrogens with one attached hydrogen (secondary N) is 2. The van der Waals surface area contributed by atoms with E-state index in [9.17, 15) is 0 Å². The molecule has 81 heavy (non-hydrogen) atoms. The Morgan fingerprint density at radius 1 is 0.321 bits per heavy atom. The highest BCUT2D eigenvalue weighted by Gasteiger charge is 2.27. The molecule has 0 unspecified atom stereocenters. The summed E-state index contributed by atoms with van der Waals surface area (Å²) in [4.78, 5) is 22.9. The number of unbranched alkanes of at least 4 members (excludes halogenated alkanes) is 42. The lowest BCUT2D eigenvalue weighted by Gasteiger charge is -2.17. The molecule has 8 bridgehead atoms. The van der Waals surface area contributed by atoms with Crippen LogP contribution in [0.1, 0.15) is 340 Å². The Morgan fingerprint density at radius 2 is 0.605 bits per heavy atom. The van der Waals surface area contributed by atoms with Crippen LogP contribution >= 0.6 is 0 Å². The Bertz CT molecular complexity index is 2280. The van der Waals surface area contributed by atoms with Crippen LogP contribution in [-0.4, -0.2) is 34.1 Å². The van der Waals surface area contributed by atoms with Gasteiger partial charge in [-0.15, -0.1) is 0 Å². The number of fused-ring (bicyclic) bond motifs is 5. The zero-order valence-electron chi connectivity index (χ0n) is 53.0. The molecule has 6 rings (SSSR count). The van der Waals surface area contributed by atoms with Crippen molar-refractivity contribution in [1.82, 2.24) is 15.2 Å². The Balaban J connectivity index is 1.13. The summed E-state index contributed by atoms with van der Waals surface area (Å²) < 4.78 is 0. The monoisotopic (exact) mass is 1100 g/mol. The topological polar surface area (TPSA) is 68.1 Å². The molecule has 0 amide bonds. The number of hydrogen-bond acceptors (Lipinski definition) is 5. The highest BCUT2D eigenvalue weighted by Crippen LogP contribution is 2.37. The van der Waals surface area contributed by atoms with Crippen LogP contribution in [0.3, 0.4) is 0 Å². The molecule has 450 valence electrons. The van der Waals surface area contributed by atoms with E-state index in [0.717, 1.165) is 77.0 Å². The van der Waals surface area contributed by atoms with Gasteiger partial charge in [-0.25, -0.2) is 15.0 Å². The average Bonchev–Trinajstić information content (AvgIpc) is 4.47. The lowest BCUT2D eigenvalue weighted by Crippen LogP contribution is -2.19. The molecule has 0 fully saturated rings. The van der Waals surface area contributed by atoms with Crippen molar-refractivity contribution in [1.29, 1.82) is 0 Å². The molecular weight excluding hydrogens is 985 g/mol. The summed E-state index contributed by atoms with van der Waals surface area (Å²) in [6.45, 7) is 6.94. The van der Waals surface area contributed by atoms with Gasteiger partial charge in [0.2, 0.25) is 0 Å². The van der Waals surface area contributed by atoms with Crippen LogP contribution in [0, 0.1) is 0 Å². The Kier molecular flexibility index (Phi) is 34.0. The average molecular weight is 1110 g/mol. The molecule has 6 nitrogen and oxygen atoms in total. The SMILES string of the molecule is CCCCCCCCCCCCCCCCCC1=C2C=CC(=N2)C(CCCCCCCCCCCCCCCCC)=C2C=CC(=N2)/C(=C2\NC=CN2C)c2ccc([nH]2)C(CCCCCCCCCCCCCCCCC)=C2C=CC1=N2. The molecule has 0 aromatic carbocycles. The Hall–Kier alpha value is -4.19. The van der Waals surface area contributed by atoms with Crippen molar-refractivity contribution in [3.05, 3.63) is 106 Å². The van der Waals surface area contributed by atoms with Gasteiger partial charge in [-0.1, -0.05) is 290 Å². The van der Waals surface area contributed by atoms with E-state index < -0.39 is 0 Å². The van der Waals surface area contributed by atoms with Gasteiger partial charge >= 0.3 is 0 Å². The summed E-state index contributed by atoms with van der Waals surface area (Å²) in [5, 5.41) is 3.59. The first-order valence-electron chi connectivity index (χ1n) is 35.2. The summed E-state index contributed by atoms with van der Waals surface area (Å²) in [6.07, 6.45) is 82.7. The molecule has 6 heteroatoms. The van der Waals surface area contributed by atoms with Crippen molar-refractivity contribution in [3.8, 4) is 0 Å². The lowest BCUT2D eigenvalue weighted by molar-refractivity contribution is 0.532. The fraction of sp³-hybridized carbons (Fsp3) is 0.693. The number of hydrogen-bond donors (Lipinski definition) is 2. The Morgan fingerprint density at radius 3 is 0.938 bits per heavy atom. The van der Waals surface area contributed by atoms with Gasteiger partial charge in [0, 0.05) is 41.9 Å². The van der Waals surface area contributed by atoms with Gasteiger partial charge in [0.05, 0.1) is 45.5 Å². The normalized spacial score (nSPS) is 16.6. The predicted molar refractivity (Wildman–Crippen MR) is 357 cm³/mol. The minimum Gasteiger partial charge on any atom is -0.355 e. The van der Waals surface area contributed by atoms with Crippen LogP contribution in [0.15, 0.2) is 110 Å². The lowest BCUT2D eigenvalue weighted by atomic mass is 9.99. The van der Waals surface area contributed by atoms with Crippen molar-refractivity contribution >= 4 is 28.3 Å². The van der Waals surface area contributed by atoms with Crippen LogP contribution in [-0.2, 0) is 0 Å². The third kappa shape index (κ3) is 24.9. The van der Waals surface area contributed by atoms with Crippen molar-refractivity contribution in [3.63, 3.8) is 0 Å². The van der Waals surface area contributed by atoms with E-state index in [1.54, 1.807) is 0 Å². The minimum atomic E-state index is 0.980. The number of aliphatic imine (C=N–C) groups is 3. The third-order valence-electron chi connectivity index (χ3n) is 18.2. The number of H-pyrrole nitrogens is 1. The summed E-state index contributed by atoms with van der Waals surface area (Å²) >= 11 is 0. The molecule has 2 N–H and O–H groups in total. The molecule has 0 saturated heterocycles. The van der Waals surface area contributed by atoms with Gasteiger partial charge in [0.15, 0.2) is 0 Å². The van der Waals surface area contributed by atoms with Gasteiger partial charge < -0.3 is 15.2 Å². The highest BCUT2D eigenvalue weighted by molar-refractivity contribution is 6.31. The zero-order chi connectivity index (χ0) is 56.6. The number of rotatable bonds is 48. The maximum Gasteiger partial charge on any atom is 0.121 e. The predicted octanol–water partition coefficient (Wildman–Crippen LogP) is 23.7. The summed E-state index contributed by atoms with van der Waals surface area (Å²) in [5.74, 6) is 1.04. The van der Waals surface area contributed by atoms with Crippen LogP contribution < -0.4 is 5.32 Å². The fourth-order valence-corrected chi connectivity index (χ4v) is 13.0. The van der Waals surface area contributed by atoms with E-state index in [-0.39, 0.29) is 0 Å². The number of aromatic amines is 1. The standard InChI is InChI=1S/C75H120N6/c1-5-8-11-14-17-20-23-26-29-32-35-38-41-44-47-50-63-66-53-55-68(77-66)64(51-48-45-42-39-36-33-30-27-24-21-18-15-12-9-6-2)70-57-59-72(79-70)74(75-76-61-62-81(75)4)73-60-58-71(80-73)65(69-56-54-67(63)78-69)52-49-46-43-40-37-34-31-28-25-22-19-16-13-10-7-3/h53-62,76,79H,5-52H2,1-4H3/b67-63?,68-64?,71-65?,75-74+. The molecule has 0 spiro atoms. The molecule has 0 aliphatic carbocycles. The molecule has 6 heterocycles. The van der Waals surface area contributed by atoms with Crippen molar-refractivity contribution in [2.24, 2.45) is 15.0 Å². The summed E-state index contributed by atoms with van der Waals surface area (Å²) in [6, 6.07) is 4.60. The second-order valence-corrected chi connectivity index (χ2v) is 25.3. The zero-order valence-corrected chi connectivity index (χ0v) is 53.0. The number of nitrogens with zero attached hydrogens (tertiary/aromatic N) is 4. The highest BCUT2D eigenvalue weighted by atomic mass is 15.3. The van der Waals surface area contributed by atoms with Crippen molar-refractivity contribution in [2.75, 3.05) is 7.05 Å². The smallest absolute Gasteiger partial charge is 0.121 e. The Labute approximate surface area is 498 Å². The van der Waals surface area contributed by atoms with Crippen LogP contribution in [0.25, 0.3) is 11.1 Å². The van der Waals surface area contributed by atoms with Gasteiger partial charge in [-0.05, 0) is 87.1 Å². The minimum absolute atomic E-state index is 0.980. The molecular formula is C75H120N6. The van der Waals surface area contributed by atoms with E-state index in [1.807, 2.05) is 6.20 Å². The molecule has 5 aliphatic heterocycles. The van der Waals surface area contributed by atoms with E-state index in [4.69, 9.17) is 15.0 Å². The molecule has 0 saturated carbocycles. The van der Waals surface area contributed by atoms with Crippen molar-refractivity contribution in [2.45, 2.75) is 329 Å². The summed E-state index contributed by atoms with van der Waals surface area (Å²) in [5.41, 5.74) is 13.7. The van der Waals surface area contributed by atoms with Gasteiger partial charge in [-0.3, -0.25) is 0 Å². The van der Waals surface area contributed by atoms with E-state index in [2.05, 4.69) is 97.8 Å². The van der Waals surface area contributed by atoms with Crippen LogP contribution in [0.2, 0.25) is 0 Å². The summed E-state index contributed by atoms with van der Waals surface area (Å²) in [7, 11) is 2.13. The van der Waals surface area contributed by atoms with E-state index in [1.165, 1.54) is 305 Å². The molecule has 5 aliphatic rings. The maximum absolute atomic E-state index is 5.61. The second-order valence-electron chi connectivity index (χ2n) is 25.3. The van der Waals surface area contributed by atoms with Gasteiger partial charge in [0.25, 0.3) is 0 Å². The molecule has 0 radical (unpaired) electrons. The number of allylic oxidation sites excluding steroid dienone is 10. The third-order valence-corrected chi connectivity index (χ3v) is 18.2. The first-order valence-corrected chi connectivity index (χ1v) is 35.2. The number of aromatic nitrogens is 1. The van der Waals surface area contributed by atoms with Crippen LogP contribution in [0.5, 0.6) is 0 Å². The largest absolute Gasteiger partial charge is 0.355 e. The first-order chi connectivity index (χ1) is 40.1.